The topological polar surface area (TPSA) is 52.3 Å². The van der Waals surface area contributed by atoms with Crippen LogP contribution in [-0.4, -0.2) is 18.6 Å². The molecule has 0 saturated heterocycles. The normalized spacial score (nSPS) is 13.9. The Balaban J connectivity index is 3.80. The zero-order chi connectivity index (χ0) is 10.5. The highest BCUT2D eigenvalue weighted by Crippen LogP contribution is 2.22. The molecule has 0 aromatic rings. The summed E-state index contributed by atoms with van der Waals surface area (Å²) in [7, 11) is 0. The van der Waals surface area contributed by atoms with Crippen LogP contribution in [0.25, 0.3) is 0 Å². The van der Waals surface area contributed by atoms with Crippen molar-refractivity contribution in [2.24, 2.45) is 11.1 Å². The first kappa shape index (κ1) is 12.4. The van der Waals surface area contributed by atoms with E-state index < -0.39 is 6.04 Å². The summed E-state index contributed by atoms with van der Waals surface area (Å²) in [5, 5.41) is 0. The van der Waals surface area contributed by atoms with E-state index in [1.54, 1.807) is 6.92 Å². The number of esters is 1. The molecule has 1 unspecified atom stereocenters. The van der Waals surface area contributed by atoms with E-state index in [0.29, 0.717) is 6.61 Å². The van der Waals surface area contributed by atoms with Crippen LogP contribution in [0.4, 0.5) is 0 Å². The number of rotatable bonds is 5. The Morgan fingerprint density at radius 3 is 2.46 bits per heavy atom. The van der Waals surface area contributed by atoms with Crippen LogP contribution in [0.15, 0.2) is 0 Å². The Bertz CT molecular complexity index is 164. The summed E-state index contributed by atoms with van der Waals surface area (Å²) in [6, 6.07) is -0.516. The standard InChI is InChI=1S/C10H21NO2/c1-5-6-10(3,4)7-13-9(12)8(2)11/h8H,5-7,11H2,1-4H3. The minimum atomic E-state index is -0.516. The highest BCUT2D eigenvalue weighted by molar-refractivity contribution is 5.74. The van der Waals surface area contributed by atoms with Crippen LogP contribution < -0.4 is 5.73 Å². The summed E-state index contributed by atoms with van der Waals surface area (Å²) in [6.07, 6.45) is 2.15. The SMILES string of the molecule is CCCC(C)(C)COC(=O)C(C)N. The lowest BCUT2D eigenvalue weighted by atomic mass is 9.89. The lowest BCUT2D eigenvalue weighted by molar-refractivity contribution is -0.147. The Kier molecular flexibility index (Phi) is 4.99. The second-order valence-electron chi connectivity index (χ2n) is 4.31. The maximum absolute atomic E-state index is 11.0. The monoisotopic (exact) mass is 187 g/mol. The van der Waals surface area contributed by atoms with Gasteiger partial charge in [-0.1, -0.05) is 27.2 Å². The van der Waals surface area contributed by atoms with Crippen LogP contribution in [-0.2, 0) is 9.53 Å². The first-order valence-corrected chi connectivity index (χ1v) is 4.81. The Morgan fingerprint density at radius 1 is 1.54 bits per heavy atom. The maximum Gasteiger partial charge on any atom is 0.322 e. The van der Waals surface area contributed by atoms with Gasteiger partial charge in [0.25, 0.3) is 0 Å². The number of ether oxygens (including phenoxy) is 1. The molecule has 0 amide bonds. The molecule has 2 N–H and O–H groups in total. The Labute approximate surface area is 80.6 Å². The second-order valence-corrected chi connectivity index (χ2v) is 4.31. The predicted octanol–water partition coefficient (Wildman–Crippen LogP) is 1.70. The maximum atomic E-state index is 11.0. The number of nitrogens with two attached hydrogens (primary N) is 1. The van der Waals surface area contributed by atoms with Gasteiger partial charge in [0.2, 0.25) is 0 Å². The van der Waals surface area contributed by atoms with Crippen LogP contribution in [0, 0.1) is 5.41 Å². The molecule has 0 radical (unpaired) electrons. The van der Waals surface area contributed by atoms with Gasteiger partial charge in [-0.05, 0) is 18.8 Å². The lowest BCUT2D eigenvalue weighted by Crippen LogP contribution is -2.32. The number of carbonyl (C=O) groups is 1. The van der Waals surface area contributed by atoms with Crippen LogP contribution >= 0.6 is 0 Å². The summed E-state index contributed by atoms with van der Waals surface area (Å²) in [6.45, 7) is 8.39. The van der Waals surface area contributed by atoms with Gasteiger partial charge in [0, 0.05) is 0 Å². The molecule has 1 atom stereocenters. The lowest BCUT2D eigenvalue weighted by Gasteiger charge is -2.23. The van der Waals surface area contributed by atoms with Gasteiger partial charge in [-0.15, -0.1) is 0 Å². The quantitative estimate of drug-likeness (QED) is 0.666. The second kappa shape index (κ2) is 5.22. The van der Waals surface area contributed by atoms with E-state index in [1.807, 2.05) is 0 Å². The summed E-state index contributed by atoms with van der Waals surface area (Å²) < 4.78 is 5.06. The Hall–Kier alpha value is -0.570. The fourth-order valence-corrected chi connectivity index (χ4v) is 1.15. The van der Waals surface area contributed by atoms with E-state index in [0.717, 1.165) is 12.8 Å². The highest BCUT2D eigenvalue weighted by Gasteiger charge is 2.20. The van der Waals surface area contributed by atoms with E-state index in [9.17, 15) is 4.79 Å². The van der Waals surface area contributed by atoms with Crippen LogP contribution in [0.1, 0.15) is 40.5 Å². The zero-order valence-corrected chi connectivity index (χ0v) is 9.09. The van der Waals surface area contributed by atoms with Gasteiger partial charge >= 0.3 is 5.97 Å². The van der Waals surface area contributed by atoms with Gasteiger partial charge in [0.05, 0.1) is 6.61 Å². The molecule has 0 spiro atoms. The molecule has 0 heterocycles. The van der Waals surface area contributed by atoms with Crippen molar-refractivity contribution in [3.63, 3.8) is 0 Å². The van der Waals surface area contributed by atoms with Crippen LogP contribution in [0.5, 0.6) is 0 Å². The Morgan fingerprint density at radius 2 is 2.08 bits per heavy atom. The number of hydrogen-bond acceptors (Lipinski definition) is 3. The first-order valence-electron chi connectivity index (χ1n) is 4.81. The summed E-state index contributed by atoms with van der Waals surface area (Å²) >= 11 is 0. The van der Waals surface area contributed by atoms with Gasteiger partial charge in [0.15, 0.2) is 0 Å². The first-order chi connectivity index (χ1) is 5.89. The van der Waals surface area contributed by atoms with Crippen LogP contribution in [0.3, 0.4) is 0 Å². The van der Waals surface area contributed by atoms with Gasteiger partial charge in [-0.3, -0.25) is 4.79 Å². The molecule has 0 bridgehead atoms. The minimum Gasteiger partial charge on any atom is -0.464 e. The summed E-state index contributed by atoms with van der Waals surface area (Å²) in [4.78, 5) is 11.0. The molecule has 3 nitrogen and oxygen atoms in total. The van der Waals surface area contributed by atoms with Crippen molar-refractivity contribution in [1.82, 2.24) is 0 Å². The predicted molar refractivity (Wildman–Crippen MR) is 53.3 cm³/mol. The molecule has 0 aliphatic carbocycles. The van der Waals surface area contributed by atoms with E-state index in [-0.39, 0.29) is 11.4 Å². The van der Waals surface area contributed by atoms with E-state index in [2.05, 4.69) is 20.8 Å². The van der Waals surface area contributed by atoms with Gasteiger partial charge in [0.1, 0.15) is 6.04 Å². The van der Waals surface area contributed by atoms with Crippen molar-refractivity contribution in [3.8, 4) is 0 Å². The fraction of sp³-hybridized carbons (Fsp3) is 0.900. The molecule has 0 aromatic heterocycles. The third-order valence-corrected chi connectivity index (χ3v) is 1.90. The van der Waals surface area contributed by atoms with Crippen LogP contribution in [0.2, 0.25) is 0 Å². The molecule has 0 rings (SSSR count). The number of hydrogen-bond donors (Lipinski definition) is 1. The minimum absolute atomic E-state index is 0.0688. The van der Waals surface area contributed by atoms with Crippen molar-refractivity contribution in [2.75, 3.05) is 6.61 Å². The van der Waals surface area contributed by atoms with Gasteiger partial charge in [-0.25, -0.2) is 0 Å². The third kappa shape index (κ3) is 5.64. The van der Waals surface area contributed by atoms with Crippen molar-refractivity contribution in [2.45, 2.75) is 46.6 Å². The molecule has 0 aliphatic heterocycles. The zero-order valence-electron chi connectivity index (χ0n) is 9.09. The molecule has 0 aliphatic rings. The van der Waals surface area contributed by atoms with E-state index in [1.165, 1.54) is 0 Å². The number of carbonyl (C=O) groups excluding carboxylic acids is 1. The molecule has 0 aromatic carbocycles. The van der Waals surface area contributed by atoms with E-state index in [4.69, 9.17) is 10.5 Å². The van der Waals surface area contributed by atoms with Gasteiger partial charge < -0.3 is 10.5 Å². The highest BCUT2D eigenvalue weighted by atomic mass is 16.5. The van der Waals surface area contributed by atoms with Crippen molar-refractivity contribution in [1.29, 1.82) is 0 Å². The largest absolute Gasteiger partial charge is 0.464 e. The third-order valence-electron chi connectivity index (χ3n) is 1.90. The molecule has 3 heteroatoms. The van der Waals surface area contributed by atoms with Crippen molar-refractivity contribution < 1.29 is 9.53 Å². The smallest absolute Gasteiger partial charge is 0.322 e. The molecular formula is C10H21NO2. The molecule has 0 saturated carbocycles. The summed E-state index contributed by atoms with van der Waals surface area (Å²) in [5.74, 6) is -0.316. The fourth-order valence-electron chi connectivity index (χ4n) is 1.15. The molecule has 13 heavy (non-hydrogen) atoms. The average Bonchev–Trinajstić information content (AvgIpc) is 2.00. The molecular weight excluding hydrogens is 166 g/mol. The van der Waals surface area contributed by atoms with E-state index >= 15 is 0 Å². The summed E-state index contributed by atoms with van der Waals surface area (Å²) in [5.41, 5.74) is 5.43. The average molecular weight is 187 g/mol. The molecule has 0 fully saturated rings. The molecule has 78 valence electrons. The van der Waals surface area contributed by atoms with Crippen molar-refractivity contribution in [3.05, 3.63) is 0 Å². The van der Waals surface area contributed by atoms with Gasteiger partial charge in [-0.2, -0.15) is 0 Å². The van der Waals surface area contributed by atoms with Crippen molar-refractivity contribution >= 4 is 5.97 Å².